The highest BCUT2D eigenvalue weighted by Crippen LogP contribution is 2.28. The Balaban J connectivity index is 1.87. The Kier molecular flexibility index (Phi) is 4.54. The van der Waals surface area contributed by atoms with Crippen molar-refractivity contribution in [3.63, 3.8) is 0 Å². The van der Waals surface area contributed by atoms with Gasteiger partial charge in [-0.3, -0.25) is 14.5 Å². The van der Waals surface area contributed by atoms with Gasteiger partial charge in [-0.1, -0.05) is 60.1 Å². The summed E-state index contributed by atoms with van der Waals surface area (Å²) < 4.78 is 0. The summed E-state index contributed by atoms with van der Waals surface area (Å²) in [5.41, 5.74) is 0.598. The van der Waals surface area contributed by atoms with Crippen molar-refractivity contribution in [1.29, 1.82) is 0 Å². The van der Waals surface area contributed by atoms with E-state index in [-0.39, 0.29) is 28.5 Å². The van der Waals surface area contributed by atoms with E-state index in [0.717, 1.165) is 10.5 Å². The lowest BCUT2D eigenvalue weighted by Crippen LogP contribution is -2.32. The molecule has 0 unspecified atom stereocenters. The van der Waals surface area contributed by atoms with Crippen LogP contribution in [0.2, 0.25) is 0 Å². The molecule has 25 heavy (non-hydrogen) atoms. The van der Waals surface area contributed by atoms with Gasteiger partial charge in [-0.25, -0.2) is 0 Å². The first-order chi connectivity index (χ1) is 12.0. The Morgan fingerprint density at radius 1 is 1.00 bits per heavy atom. The number of benzene rings is 2. The number of halogens is 1. The summed E-state index contributed by atoms with van der Waals surface area (Å²) in [5.74, 6) is -2.66. The van der Waals surface area contributed by atoms with E-state index < -0.39 is 17.8 Å². The molecule has 1 heterocycles. The second-order valence-corrected chi connectivity index (χ2v) is 5.71. The Hall–Kier alpha value is -3.12. The summed E-state index contributed by atoms with van der Waals surface area (Å²) in [6, 6.07) is 14.9. The second kappa shape index (κ2) is 6.78. The number of rotatable bonds is 5. The molecule has 0 saturated heterocycles. The van der Waals surface area contributed by atoms with Crippen LogP contribution in [0, 0.1) is 0 Å². The molecular weight excluding hydrogens is 344 g/mol. The maximum Gasteiger partial charge on any atom is 0.279 e. The third-order valence-corrected chi connectivity index (χ3v) is 4.05. The van der Waals surface area contributed by atoms with Crippen LogP contribution in [0.3, 0.4) is 0 Å². The zero-order valence-corrected chi connectivity index (χ0v) is 13.6. The molecule has 126 valence electrons. The molecule has 1 N–H and O–H groups in total. The summed E-state index contributed by atoms with van der Waals surface area (Å²) in [5, 5.41) is 13.5. The molecule has 2 aromatic rings. The molecule has 0 aliphatic carbocycles. The number of carbonyl (C=O) groups excluding carboxylic acids is 3. The number of nitrogens with zero attached hydrogens (tertiary/aromatic N) is 1. The molecule has 0 atom stereocenters. The normalized spacial score (nSPS) is 14.2. The lowest BCUT2D eigenvalue weighted by atomic mass is 10.1. The minimum Gasteiger partial charge on any atom is -0.545 e. The molecule has 1 aliphatic heterocycles. The standard InChI is InChI=1S/C18H13ClN2O4/c19-14-15(20-13-9-5-4-8-12(13)18(24)25)17(23)21(16(14)22)10-11-6-2-1-3-7-11/h1-9,20H,10H2,(H,24,25)/p-1. The summed E-state index contributed by atoms with van der Waals surface area (Å²) in [7, 11) is 0. The topological polar surface area (TPSA) is 89.5 Å². The molecule has 0 aromatic heterocycles. The van der Waals surface area contributed by atoms with Gasteiger partial charge in [0.2, 0.25) is 0 Å². The highest BCUT2D eigenvalue weighted by Gasteiger charge is 2.37. The molecule has 3 rings (SSSR count). The molecule has 7 heteroatoms. The Labute approximate surface area is 148 Å². The molecule has 2 amide bonds. The van der Waals surface area contributed by atoms with Crippen LogP contribution in [-0.2, 0) is 16.1 Å². The van der Waals surface area contributed by atoms with Crippen LogP contribution in [0.5, 0.6) is 0 Å². The molecule has 6 nitrogen and oxygen atoms in total. The molecule has 2 aromatic carbocycles. The van der Waals surface area contributed by atoms with Gasteiger partial charge in [0.1, 0.15) is 10.7 Å². The lowest BCUT2D eigenvalue weighted by molar-refractivity contribution is -0.254. The predicted octanol–water partition coefficient (Wildman–Crippen LogP) is 1.48. The van der Waals surface area contributed by atoms with E-state index in [9.17, 15) is 19.5 Å². The van der Waals surface area contributed by atoms with Gasteiger partial charge < -0.3 is 15.2 Å². The highest BCUT2D eigenvalue weighted by atomic mass is 35.5. The Bertz CT molecular complexity index is 893. The van der Waals surface area contributed by atoms with Gasteiger partial charge in [0.15, 0.2) is 0 Å². The fourth-order valence-electron chi connectivity index (χ4n) is 2.47. The van der Waals surface area contributed by atoms with Crippen LogP contribution in [0.4, 0.5) is 5.69 Å². The molecule has 0 bridgehead atoms. The van der Waals surface area contributed by atoms with Gasteiger partial charge in [0.05, 0.1) is 12.5 Å². The number of carboxylic acid groups (broad SMARTS) is 1. The predicted molar refractivity (Wildman–Crippen MR) is 89.3 cm³/mol. The summed E-state index contributed by atoms with van der Waals surface area (Å²) in [6.07, 6.45) is 0. The number of para-hydroxylation sites is 1. The van der Waals surface area contributed by atoms with Gasteiger partial charge in [-0.15, -0.1) is 0 Å². The number of aromatic carboxylic acids is 1. The molecule has 1 aliphatic rings. The SMILES string of the molecule is O=C([O-])c1ccccc1NC1=C(Cl)C(=O)N(Cc2ccccc2)C1=O. The number of nitrogens with one attached hydrogen (secondary N) is 1. The fraction of sp³-hybridized carbons (Fsp3) is 0.0556. The van der Waals surface area contributed by atoms with Crippen molar-refractivity contribution in [3.8, 4) is 0 Å². The van der Waals surface area contributed by atoms with Crippen molar-refractivity contribution in [1.82, 2.24) is 4.90 Å². The third-order valence-electron chi connectivity index (χ3n) is 3.70. The second-order valence-electron chi connectivity index (χ2n) is 5.33. The molecule has 0 fully saturated rings. The van der Waals surface area contributed by atoms with Gasteiger partial charge in [-0.2, -0.15) is 0 Å². The lowest BCUT2D eigenvalue weighted by Gasteiger charge is -2.16. The summed E-state index contributed by atoms with van der Waals surface area (Å²) in [4.78, 5) is 37.0. The minimum atomic E-state index is -1.40. The van der Waals surface area contributed by atoms with E-state index in [4.69, 9.17) is 11.6 Å². The number of amides is 2. The van der Waals surface area contributed by atoms with Crippen molar-refractivity contribution in [2.75, 3.05) is 5.32 Å². The smallest absolute Gasteiger partial charge is 0.279 e. The van der Waals surface area contributed by atoms with E-state index in [1.54, 1.807) is 30.3 Å². The van der Waals surface area contributed by atoms with Gasteiger partial charge in [-0.05, 0) is 11.6 Å². The number of carbonyl (C=O) groups is 3. The fourth-order valence-corrected chi connectivity index (χ4v) is 2.70. The number of hydrogen-bond donors (Lipinski definition) is 1. The van der Waals surface area contributed by atoms with Crippen LogP contribution in [0.15, 0.2) is 65.3 Å². The molecular formula is C18H12ClN2O4-. The molecule has 0 spiro atoms. The maximum absolute atomic E-state index is 12.6. The van der Waals surface area contributed by atoms with E-state index >= 15 is 0 Å². The Morgan fingerprint density at radius 2 is 1.64 bits per heavy atom. The zero-order chi connectivity index (χ0) is 18.0. The first-order valence-corrected chi connectivity index (χ1v) is 7.74. The van der Waals surface area contributed by atoms with E-state index in [1.807, 2.05) is 6.07 Å². The van der Waals surface area contributed by atoms with Crippen molar-refractivity contribution in [2.24, 2.45) is 0 Å². The first-order valence-electron chi connectivity index (χ1n) is 7.36. The monoisotopic (exact) mass is 355 g/mol. The van der Waals surface area contributed by atoms with Crippen LogP contribution in [-0.4, -0.2) is 22.7 Å². The van der Waals surface area contributed by atoms with Crippen molar-refractivity contribution < 1.29 is 19.5 Å². The van der Waals surface area contributed by atoms with E-state index in [1.165, 1.54) is 18.2 Å². The maximum atomic E-state index is 12.6. The van der Waals surface area contributed by atoms with Gasteiger partial charge >= 0.3 is 0 Å². The zero-order valence-electron chi connectivity index (χ0n) is 12.9. The summed E-state index contributed by atoms with van der Waals surface area (Å²) in [6.45, 7) is 0.0715. The Morgan fingerprint density at radius 3 is 2.32 bits per heavy atom. The number of anilines is 1. The number of imide groups is 1. The highest BCUT2D eigenvalue weighted by molar-refractivity contribution is 6.48. The van der Waals surface area contributed by atoms with Crippen LogP contribution < -0.4 is 10.4 Å². The van der Waals surface area contributed by atoms with Crippen LogP contribution >= 0.6 is 11.6 Å². The number of hydrogen-bond acceptors (Lipinski definition) is 5. The average molecular weight is 356 g/mol. The van der Waals surface area contributed by atoms with Crippen molar-refractivity contribution in [3.05, 3.63) is 76.5 Å². The molecule has 0 saturated carbocycles. The van der Waals surface area contributed by atoms with Crippen molar-refractivity contribution in [2.45, 2.75) is 6.54 Å². The van der Waals surface area contributed by atoms with Gasteiger partial charge in [0.25, 0.3) is 11.8 Å². The van der Waals surface area contributed by atoms with Crippen LogP contribution in [0.25, 0.3) is 0 Å². The summed E-state index contributed by atoms with van der Waals surface area (Å²) >= 11 is 6.01. The third kappa shape index (κ3) is 3.25. The first kappa shape index (κ1) is 16.7. The molecule has 0 radical (unpaired) electrons. The van der Waals surface area contributed by atoms with Gasteiger partial charge in [0, 0.05) is 11.3 Å². The average Bonchev–Trinajstić information content (AvgIpc) is 2.81. The minimum absolute atomic E-state index is 0.0715. The largest absolute Gasteiger partial charge is 0.545 e. The van der Waals surface area contributed by atoms with E-state index in [2.05, 4.69) is 5.32 Å². The van der Waals surface area contributed by atoms with Crippen molar-refractivity contribution >= 4 is 35.1 Å². The quantitative estimate of drug-likeness (QED) is 0.820. The number of carboxylic acids is 1. The van der Waals surface area contributed by atoms with Crippen LogP contribution in [0.1, 0.15) is 15.9 Å². The van der Waals surface area contributed by atoms with E-state index in [0.29, 0.717) is 0 Å².